The highest BCUT2D eigenvalue weighted by Crippen LogP contribution is 2.28. The van der Waals surface area contributed by atoms with E-state index in [1.54, 1.807) is 25.1 Å². The molecule has 1 aromatic rings. The molecule has 0 unspecified atom stereocenters. The summed E-state index contributed by atoms with van der Waals surface area (Å²) in [5.74, 6) is -1.28. The number of aliphatic carboxylic acids is 1. The Morgan fingerprint density at radius 3 is 2.71 bits per heavy atom. The molecular formula is C11H11BrO4S. The van der Waals surface area contributed by atoms with E-state index in [-0.39, 0.29) is 11.7 Å². The van der Waals surface area contributed by atoms with Gasteiger partial charge in [-0.05, 0) is 41.1 Å². The Kier molecular flexibility index (Phi) is 5.50. The van der Waals surface area contributed by atoms with E-state index in [1.807, 2.05) is 0 Å². The summed E-state index contributed by atoms with van der Waals surface area (Å²) < 4.78 is 5.55. The molecule has 0 aliphatic rings. The van der Waals surface area contributed by atoms with Crippen LogP contribution in [0.4, 0.5) is 0 Å². The van der Waals surface area contributed by atoms with Gasteiger partial charge in [-0.15, -0.1) is 11.8 Å². The monoisotopic (exact) mass is 318 g/mol. The minimum atomic E-state index is -0.878. The maximum absolute atomic E-state index is 11.4. The summed E-state index contributed by atoms with van der Waals surface area (Å²) >= 11 is 4.49. The van der Waals surface area contributed by atoms with E-state index in [1.165, 1.54) is 11.8 Å². The van der Waals surface area contributed by atoms with Gasteiger partial charge in [-0.25, -0.2) is 4.79 Å². The molecule has 17 heavy (non-hydrogen) atoms. The van der Waals surface area contributed by atoms with E-state index in [2.05, 4.69) is 15.9 Å². The number of hydrogen-bond acceptors (Lipinski definition) is 4. The lowest BCUT2D eigenvalue weighted by Crippen LogP contribution is -2.04. The first kappa shape index (κ1) is 14.1. The summed E-state index contributed by atoms with van der Waals surface area (Å²) in [6, 6.07) is 4.94. The number of benzene rings is 1. The molecule has 0 aliphatic heterocycles. The number of hydrogen-bond donors (Lipinski definition) is 1. The van der Waals surface area contributed by atoms with Crippen LogP contribution in [0.15, 0.2) is 27.6 Å². The molecule has 0 bridgehead atoms. The lowest BCUT2D eigenvalue weighted by molar-refractivity contribution is -0.133. The van der Waals surface area contributed by atoms with E-state index >= 15 is 0 Å². The van der Waals surface area contributed by atoms with Gasteiger partial charge in [0.05, 0.1) is 17.9 Å². The Morgan fingerprint density at radius 2 is 2.18 bits per heavy atom. The maximum Gasteiger partial charge on any atom is 0.338 e. The molecule has 4 nitrogen and oxygen atoms in total. The van der Waals surface area contributed by atoms with E-state index < -0.39 is 5.97 Å². The van der Waals surface area contributed by atoms with Gasteiger partial charge in [0.1, 0.15) is 0 Å². The molecule has 0 saturated heterocycles. The van der Waals surface area contributed by atoms with Crippen LogP contribution < -0.4 is 0 Å². The maximum atomic E-state index is 11.4. The van der Waals surface area contributed by atoms with E-state index in [0.29, 0.717) is 16.6 Å². The third kappa shape index (κ3) is 4.40. The van der Waals surface area contributed by atoms with Crippen molar-refractivity contribution in [1.29, 1.82) is 0 Å². The molecule has 0 heterocycles. The number of rotatable bonds is 5. The van der Waals surface area contributed by atoms with E-state index in [0.717, 1.165) is 4.90 Å². The predicted molar refractivity (Wildman–Crippen MR) is 68.5 cm³/mol. The van der Waals surface area contributed by atoms with Gasteiger partial charge in [0.15, 0.2) is 0 Å². The Hall–Kier alpha value is -1.01. The van der Waals surface area contributed by atoms with Gasteiger partial charge in [-0.2, -0.15) is 0 Å². The number of carboxylic acid groups (broad SMARTS) is 1. The number of halogens is 1. The second-order valence-electron chi connectivity index (χ2n) is 3.05. The second kappa shape index (κ2) is 6.66. The lowest BCUT2D eigenvalue weighted by atomic mass is 10.2. The predicted octanol–water partition coefficient (Wildman–Crippen LogP) is 2.80. The van der Waals surface area contributed by atoms with Crippen molar-refractivity contribution in [2.24, 2.45) is 0 Å². The summed E-state index contributed by atoms with van der Waals surface area (Å²) in [7, 11) is 0. The minimum absolute atomic E-state index is 0.0165. The van der Waals surface area contributed by atoms with Crippen molar-refractivity contribution in [1.82, 2.24) is 0 Å². The summed E-state index contributed by atoms with van der Waals surface area (Å²) in [4.78, 5) is 22.6. The van der Waals surface area contributed by atoms with E-state index in [4.69, 9.17) is 9.84 Å². The topological polar surface area (TPSA) is 63.6 Å². The molecule has 1 rings (SSSR count). The average Bonchev–Trinajstić information content (AvgIpc) is 2.27. The van der Waals surface area contributed by atoms with Crippen LogP contribution in [0.1, 0.15) is 17.3 Å². The second-order valence-corrected chi connectivity index (χ2v) is 4.92. The highest BCUT2D eigenvalue weighted by molar-refractivity contribution is 9.10. The van der Waals surface area contributed by atoms with Gasteiger partial charge in [0, 0.05) is 9.37 Å². The highest BCUT2D eigenvalue weighted by atomic mass is 79.9. The van der Waals surface area contributed by atoms with Gasteiger partial charge in [0.2, 0.25) is 0 Å². The van der Waals surface area contributed by atoms with Gasteiger partial charge < -0.3 is 9.84 Å². The minimum Gasteiger partial charge on any atom is -0.481 e. The van der Waals surface area contributed by atoms with Gasteiger partial charge >= 0.3 is 11.9 Å². The Morgan fingerprint density at radius 1 is 1.47 bits per heavy atom. The molecule has 0 aliphatic carbocycles. The van der Waals surface area contributed by atoms with Crippen molar-refractivity contribution in [2.45, 2.75) is 11.8 Å². The van der Waals surface area contributed by atoms with Crippen LogP contribution in [-0.2, 0) is 9.53 Å². The summed E-state index contributed by atoms with van der Waals surface area (Å²) in [6.07, 6.45) is 0. The standard InChI is InChI=1S/C11H11BrO4S/c1-2-16-11(15)7-3-4-9(8(12)5-7)17-6-10(13)14/h3-5H,2,6H2,1H3,(H,13,14). The fourth-order valence-corrected chi connectivity index (χ4v) is 2.46. The normalized spacial score (nSPS) is 10.0. The first-order valence-corrected chi connectivity index (χ1v) is 6.63. The SMILES string of the molecule is CCOC(=O)c1ccc(SCC(=O)O)c(Br)c1. The Balaban J connectivity index is 2.78. The van der Waals surface area contributed by atoms with Crippen LogP contribution in [0.3, 0.4) is 0 Å². The van der Waals surface area contributed by atoms with Crippen LogP contribution in [-0.4, -0.2) is 29.4 Å². The molecule has 0 spiro atoms. The zero-order valence-electron chi connectivity index (χ0n) is 9.10. The first-order chi connectivity index (χ1) is 8.04. The molecule has 1 N–H and O–H groups in total. The van der Waals surface area contributed by atoms with Gasteiger partial charge in [-0.1, -0.05) is 0 Å². The lowest BCUT2D eigenvalue weighted by Gasteiger charge is -2.05. The van der Waals surface area contributed by atoms with Crippen molar-refractivity contribution >= 4 is 39.6 Å². The molecule has 1 aromatic carbocycles. The molecular weight excluding hydrogens is 308 g/mol. The summed E-state index contributed by atoms with van der Waals surface area (Å²) in [6.45, 7) is 2.07. The quantitative estimate of drug-likeness (QED) is 0.668. The third-order valence-electron chi connectivity index (χ3n) is 1.79. The van der Waals surface area contributed by atoms with Gasteiger partial charge in [0.25, 0.3) is 0 Å². The van der Waals surface area contributed by atoms with Crippen molar-refractivity contribution in [2.75, 3.05) is 12.4 Å². The molecule has 0 saturated carbocycles. The molecule has 0 amide bonds. The van der Waals surface area contributed by atoms with Crippen molar-refractivity contribution in [3.8, 4) is 0 Å². The number of esters is 1. The number of carbonyl (C=O) groups is 2. The fraction of sp³-hybridized carbons (Fsp3) is 0.273. The van der Waals surface area contributed by atoms with Crippen LogP contribution in [0, 0.1) is 0 Å². The molecule has 0 aromatic heterocycles. The molecule has 0 radical (unpaired) electrons. The number of carbonyl (C=O) groups excluding carboxylic acids is 1. The highest BCUT2D eigenvalue weighted by Gasteiger charge is 2.10. The third-order valence-corrected chi connectivity index (χ3v) is 3.77. The number of ether oxygens (including phenoxy) is 1. The zero-order valence-corrected chi connectivity index (χ0v) is 11.5. The van der Waals surface area contributed by atoms with Crippen LogP contribution in [0.5, 0.6) is 0 Å². The average molecular weight is 319 g/mol. The Labute approximate surface area is 111 Å². The smallest absolute Gasteiger partial charge is 0.338 e. The van der Waals surface area contributed by atoms with E-state index in [9.17, 15) is 9.59 Å². The Bertz CT molecular complexity index is 433. The fourth-order valence-electron chi connectivity index (χ4n) is 1.10. The molecule has 0 fully saturated rings. The van der Waals surface area contributed by atoms with Crippen molar-refractivity contribution in [3.05, 3.63) is 28.2 Å². The summed E-state index contributed by atoms with van der Waals surface area (Å²) in [5, 5.41) is 8.57. The number of carboxylic acids is 1. The first-order valence-electron chi connectivity index (χ1n) is 4.86. The van der Waals surface area contributed by atoms with Crippen LogP contribution in [0.2, 0.25) is 0 Å². The zero-order chi connectivity index (χ0) is 12.8. The van der Waals surface area contributed by atoms with Crippen LogP contribution in [0.25, 0.3) is 0 Å². The summed E-state index contributed by atoms with van der Waals surface area (Å²) in [5.41, 5.74) is 0.443. The molecule has 0 atom stereocenters. The molecule has 6 heteroatoms. The van der Waals surface area contributed by atoms with Crippen molar-refractivity contribution < 1.29 is 19.4 Å². The van der Waals surface area contributed by atoms with Crippen LogP contribution >= 0.6 is 27.7 Å². The molecule has 92 valence electrons. The largest absolute Gasteiger partial charge is 0.481 e. The number of thioether (sulfide) groups is 1. The van der Waals surface area contributed by atoms with Gasteiger partial charge in [-0.3, -0.25) is 4.79 Å². The van der Waals surface area contributed by atoms with Crippen molar-refractivity contribution in [3.63, 3.8) is 0 Å².